The topological polar surface area (TPSA) is 66.8 Å². The van der Waals surface area contributed by atoms with Gasteiger partial charge < -0.3 is 17.8 Å². The Kier molecular flexibility index (Phi) is 9.88. The summed E-state index contributed by atoms with van der Waals surface area (Å²) in [7, 11) is -2.63. The zero-order chi connectivity index (χ0) is 18.7. The van der Waals surface area contributed by atoms with Crippen LogP contribution in [0.1, 0.15) is 45.7 Å². The molecule has 0 radical (unpaired) electrons. The van der Waals surface area contributed by atoms with Crippen LogP contribution in [-0.2, 0) is 24.6 Å². The highest BCUT2D eigenvalue weighted by atomic mass is 28.4. The van der Waals surface area contributed by atoms with Crippen molar-refractivity contribution in [3.05, 3.63) is 34.2 Å². The smallest absolute Gasteiger partial charge is 0.374 e. The van der Waals surface area contributed by atoms with E-state index in [4.69, 9.17) is 13.3 Å². The van der Waals surface area contributed by atoms with Crippen molar-refractivity contribution < 1.29 is 18.1 Å². The van der Waals surface area contributed by atoms with E-state index in [1.54, 1.807) is 6.07 Å². The molecular formula is C18H31NO5Si. The molecule has 1 aromatic rings. The predicted molar refractivity (Wildman–Crippen MR) is 99.7 cm³/mol. The Labute approximate surface area is 151 Å². The molecule has 142 valence electrons. The van der Waals surface area contributed by atoms with Gasteiger partial charge in [0.15, 0.2) is 5.78 Å². The number of Topliss-reactive ketones (excluding diaryl/α,β-unsaturated/α-hetero) is 1. The number of carbonyl (C=O) groups is 1. The van der Waals surface area contributed by atoms with Crippen molar-refractivity contribution in [2.75, 3.05) is 19.8 Å². The summed E-state index contributed by atoms with van der Waals surface area (Å²) in [6, 6.07) is 5.73. The van der Waals surface area contributed by atoms with Gasteiger partial charge in [-0.05, 0) is 46.6 Å². The van der Waals surface area contributed by atoms with Crippen LogP contribution in [0.5, 0.6) is 0 Å². The Balaban J connectivity index is 2.49. The Morgan fingerprint density at radius 3 is 2.16 bits per heavy atom. The molecule has 7 heteroatoms. The van der Waals surface area contributed by atoms with Crippen molar-refractivity contribution in [2.45, 2.75) is 59.5 Å². The third-order valence-electron chi connectivity index (χ3n) is 3.88. The standard InChI is InChI=1S/C18H31NO5Si/c1-5-22-25(23-6-2,24-7-3)14-9-8-12-17(20)15-19-16(4)11-10-13-18(19)21/h10-11,13H,5-9,12,14-15H2,1-4H3. The number of carbonyl (C=O) groups excluding carboxylic acids is 1. The Morgan fingerprint density at radius 2 is 1.64 bits per heavy atom. The van der Waals surface area contributed by atoms with E-state index in [0.29, 0.717) is 32.3 Å². The highest BCUT2D eigenvalue weighted by molar-refractivity contribution is 6.60. The molecule has 25 heavy (non-hydrogen) atoms. The first-order valence-electron chi connectivity index (χ1n) is 9.08. The van der Waals surface area contributed by atoms with Crippen LogP contribution in [0.25, 0.3) is 0 Å². The molecule has 0 saturated carbocycles. The van der Waals surface area contributed by atoms with Crippen molar-refractivity contribution in [2.24, 2.45) is 0 Å². The van der Waals surface area contributed by atoms with E-state index < -0.39 is 8.80 Å². The largest absolute Gasteiger partial charge is 0.500 e. The lowest BCUT2D eigenvalue weighted by atomic mass is 10.2. The molecule has 1 heterocycles. The van der Waals surface area contributed by atoms with E-state index in [1.807, 2.05) is 33.8 Å². The molecule has 0 atom stereocenters. The highest BCUT2D eigenvalue weighted by Gasteiger charge is 2.39. The van der Waals surface area contributed by atoms with Gasteiger partial charge in [0.1, 0.15) is 0 Å². The molecule has 0 aliphatic carbocycles. The van der Waals surface area contributed by atoms with Crippen molar-refractivity contribution in [3.8, 4) is 0 Å². The quantitative estimate of drug-likeness (QED) is 0.395. The van der Waals surface area contributed by atoms with Crippen LogP contribution >= 0.6 is 0 Å². The number of pyridine rings is 1. The summed E-state index contributed by atoms with van der Waals surface area (Å²) in [5.41, 5.74) is 0.667. The summed E-state index contributed by atoms with van der Waals surface area (Å²) >= 11 is 0. The molecular weight excluding hydrogens is 338 g/mol. The molecule has 0 aliphatic rings. The number of hydrogen-bond acceptors (Lipinski definition) is 5. The predicted octanol–water partition coefficient (Wildman–Crippen LogP) is 2.94. The monoisotopic (exact) mass is 369 g/mol. The van der Waals surface area contributed by atoms with Crippen molar-refractivity contribution in [1.82, 2.24) is 4.57 Å². The molecule has 0 spiro atoms. The van der Waals surface area contributed by atoms with Gasteiger partial charge in [-0.25, -0.2) is 0 Å². The molecule has 0 unspecified atom stereocenters. The highest BCUT2D eigenvalue weighted by Crippen LogP contribution is 2.20. The van der Waals surface area contributed by atoms with Crippen LogP contribution in [0.3, 0.4) is 0 Å². The third kappa shape index (κ3) is 7.23. The molecule has 1 rings (SSSR count). The van der Waals surface area contributed by atoms with Gasteiger partial charge in [0.05, 0.1) is 6.54 Å². The zero-order valence-electron chi connectivity index (χ0n) is 15.9. The molecule has 0 aliphatic heterocycles. The van der Waals surface area contributed by atoms with Crippen LogP contribution in [0.2, 0.25) is 6.04 Å². The number of aromatic nitrogens is 1. The summed E-state index contributed by atoms with van der Waals surface area (Å²) in [6.07, 6.45) is 1.98. The Bertz CT molecular complexity index is 570. The molecule has 0 aromatic carbocycles. The SMILES string of the molecule is CCO[Si](CCCCC(=O)Cn1c(C)cccc1=O)(OCC)OCC. The van der Waals surface area contributed by atoms with Crippen molar-refractivity contribution in [3.63, 3.8) is 0 Å². The Hall–Kier alpha value is -1.28. The second kappa shape index (κ2) is 11.4. The average Bonchev–Trinajstić information content (AvgIpc) is 2.56. The van der Waals surface area contributed by atoms with Gasteiger partial charge >= 0.3 is 8.80 Å². The minimum Gasteiger partial charge on any atom is -0.374 e. The van der Waals surface area contributed by atoms with Crippen LogP contribution in [-0.4, -0.2) is 39.0 Å². The van der Waals surface area contributed by atoms with Gasteiger partial charge in [-0.1, -0.05) is 6.07 Å². The molecule has 6 nitrogen and oxygen atoms in total. The lowest BCUT2D eigenvalue weighted by molar-refractivity contribution is -0.119. The summed E-state index contributed by atoms with van der Waals surface area (Å²) in [6.45, 7) is 9.44. The molecule has 0 saturated heterocycles. The van der Waals surface area contributed by atoms with Gasteiger partial charge in [0.25, 0.3) is 5.56 Å². The Morgan fingerprint density at radius 1 is 1.04 bits per heavy atom. The maximum atomic E-state index is 12.2. The minimum absolute atomic E-state index is 0.0629. The van der Waals surface area contributed by atoms with E-state index in [-0.39, 0.29) is 17.9 Å². The molecule has 0 N–H and O–H groups in total. The van der Waals surface area contributed by atoms with Gasteiger partial charge in [0.2, 0.25) is 0 Å². The number of nitrogens with zero attached hydrogens (tertiary/aromatic N) is 1. The van der Waals surface area contributed by atoms with E-state index in [1.165, 1.54) is 10.6 Å². The number of rotatable bonds is 13. The van der Waals surface area contributed by atoms with Crippen molar-refractivity contribution >= 4 is 14.6 Å². The number of ketones is 1. The summed E-state index contributed by atoms with van der Waals surface area (Å²) in [5, 5.41) is 0. The summed E-state index contributed by atoms with van der Waals surface area (Å²) in [4.78, 5) is 24.0. The molecule has 0 amide bonds. The summed E-state index contributed by atoms with van der Waals surface area (Å²) < 4.78 is 18.9. The summed E-state index contributed by atoms with van der Waals surface area (Å²) in [5.74, 6) is 0.0629. The van der Waals surface area contributed by atoms with Crippen molar-refractivity contribution in [1.29, 1.82) is 0 Å². The van der Waals surface area contributed by atoms with Gasteiger partial charge in [0, 0.05) is 44.0 Å². The van der Waals surface area contributed by atoms with Gasteiger partial charge in [-0.3, -0.25) is 9.59 Å². The lowest BCUT2D eigenvalue weighted by Gasteiger charge is -2.28. The maximum absolute atomic E-state index is 12.2. The first kappa shape index (κ1) is 21.8. The maximum Gasteiger partial charge on any atom is 0.500 e. The minimum atomic E-state index is -2.63. The normalized spacial score (nSPS) is 11.7. The van der Waals surface area contributed by atoms with E-state index >= 15 is 0 Å². The zero-order valence-corrected chi connectivity index (χ0v) is 16.9. The van der Waals surface area contributed by atoms with Gasteiger partial charge in [-0.15, -0.1) is 0 Å². The first-order chi connectivity index (χ1) is 12.0. The number of aryl methyl sites for hydroxylation is 1. The van der Waals surface area contributed by atoms with Crippen LogP contribution in [0.4, 0.5) is 0 Å². The fraction of sp³-hybridized carbons (Fsp3) is 0.667. The van der Waals surface area contributed by atoms with E-state index in [2.05, 4.69) is 0 Å². The fourth-order valence-electron chi connectivity index (χ4n) is 2.75. The number of unbranched alkanes of at least 4 members (excludes halogenated alkanes) is 1. The first-order valence-corrected chi connectivity index (χ1v) is 11.0. The third-order valence-corrected chi connectivity index (χ3v) is 7.04. The second-order valence-electron chi connectivity index (χ2n) is 5.82. The fourth-order valence-corrected chi connectivity index (χ4v) is 5.43. The van der Waals surface area contributed by atoms with Crippen LogP contribution < -0.4 is 5.56 Å². The van der Waals surface area contributed by atoms with E-state index in [0.717, 1.165) is 18.5 Å². The molecule has 0 bridgehead atoms. The number of hydrogen-bond donors (Lipinski definition) is 0. The van der Waals surface area contributed by atoms with Gasteiger partial charge in [-0.2, -0.15) is 0 Å². The van der Waals surface area contributed by atoms with Crippen LogP contribution in [0.15, 0.2) is 23.0 Å². The molecule has 0 fully saturated rings. The van der Waals surface area contributed by atoms with Crippen LogP contribution in [0, 0.1) is 6.92 Å². The lowest BCUT2D eigenvalue weighted by Crippen LogP contribution is -2.45. The second-order valence-corrected chi connectivity index (χ2v) is 8.55. The molecule has 1 aromatic heterocycles. The van der Waals surface area contributed by atoms with E-state index in [9.17, 15) is 9.59 Å². The average molecular weight is 370 g/mol.